The maximum Gasteiger partial charge on any atom is 0.135 e. The van der Waals surface area contributed by atoms with Crippen LogP contribution in [0.5, 0.6) is 11.5 Å². The summed E-state index contributed by atoms with van der Waals surface area (Å²) >= 11 is 0. The molecule has 0 saturated heterocycles. The molecular weight excluding hydrogens is 959 g/mol. The van der Waals surface area contributed by atoms with Crippen LogP contribution in [0.2, 0.25) is 0 Å². The summed E-state index contributed by atoms with van der Waals surface area (Å²) in [5, 5.41) is 2.25. The van der Waals surface area contributed by atoms with Crippen molar-refractivity contribution < 1.29 is 30.2 Å². The Morgan fingerprint density at radius 2 is 1.40 bits per heavy atom. The average molecular weight is 1010 g/mol. The molecule has 3 heterocycles. The first-order valence-electron chi connectivity index (χ1n) is 22.3. The van der Waals surface area contributed by atoms with Gasteiger partial charge in [0.15, 0.2) is 0 Å². The van der Waals surface area contributed by atoms with Gasteiger partial charge in [0.2, 0.25) is 0 Å². The number of pyridine rings is 1. The summed E-state index contributed by atoms with van der Waals surface area (Å²) in [6.45, 7) is 13.3. The number of rotatable bonds is 9. The second kappa shape index (κ2) is 17.8. The Balaban J connectivity index is 0.00000504. The second-order valence-electron chi connectivity index (χ2n) is 17.7. The minimum absolute atomic E-state index is 0. The molecule has 2 aliphatic rings. The molecule has 322 valence electrons. The molecule has 10 rings (SSSR count). The molecule has 5 nitrogen and oxygen atoms in total. The number of hydrogen-bond acceptors (Lipinski definition) is 4. The van der Waals surface area contributed by atoms with Crippen LogP contribution in [-0.2, 0) is 21.1 Å². The van der Waals surface area contributed by atoms with E-state index in [1.165, 1.54) is 54.1 Å². The molecule has 6 aromatic carbocycles. The number of anilines is 4. The van der Waals surface area contributed by atoms with Crippen LogP contribution in [0.3, 0.4) is 0 Å². The van der Waals surface area contributed by atoms with E-state index in [4.69, 9.17) is 9.72 Å². The van der Waals surface area contributed by atoms with Crippen LogP contribution in [0.25, 0.3) is 38.8 Å². The number of aromatic nitrogens is 2. The smallest absolute Gasteiger partial charge is 0.135 e. The number of nitrogens with zero attached hydrogens (tertiary/aromatic N) is 4. The Kier molecular flexibility index (Phi) is 12.0. The van der Waals surface area contributed by atoms with Crippen molar-refractivity contribution >= 4 is 44.6 Å². The van der Waals surface area contributed by atoms with E-state index in [2.05, 4.69) is 153 Å². The van der Waals surface area contributed by atoms with Crippen LogP contribution in [0.15, 0.2) is 128 Å². The Hall–Kier alpha value is -5.71. The number of benzene rings is 6. The van der Waals surface area contributed by atoms with E-state index in [1.807, 2.05) is 24.4 Å². The Labute approximate surface area is 385 Å². The molecule has 1 saturated carbocycles. The van der Waals surface area contributed by atoms with Gasteiger partial charge < -0.3 is 19.1 Å². The third-order valence-corrected chi connectivity index (χ3v) is 12.8. The van der Waals surface area contributed by atoms with Gasteiger partial charge in [-0.05, 0) is 125 Å². The van der Waals surface area contributed by atoms with Crippen molar-refractivity contribution in [3.63, 3.8) is 0 Å². The Bertz CT molecular complexity index is 2920. The monoisotopic (exact) mass is 1010 g/mol. The maximum atomic E-state index is 14.5. The van der Waals surface area contributed by atoms with Crippen LogP contribution in [0, 0.1) is 31.5 Å². The quantitative estimate of drug-likeness (QED) is 0.107. The molecule has 0 N–H and O–H groups in total. The number of ether oxygens (including phenoxy) is 1. The molecule has 7 heteroatoms. The van der Waals surface area contributed by atoms with Gasteiger partial charge in [-0.2, -0.15) is 6.07 Å². The topological polar surface area (TPSA) is 33.5 Å². The van der Waals surface area contributed by atoms with Gasteiger partial charge in [-0.15, -0.1) is 53.6 Å². The summed E-state index contributed by atoms with van der Waals surface area (Å²) in [4.78, 5) is 9.44. The molecular formula is C56H52FN4OPt-3. The zero-order valence-electron chi connectivity index (χ0n) is 36.6. The Morgan fingerprint density at radius 3 is 2.11 bits per heavy atom. The molecule has 1 aliphatic carbocycles. The molecule has 0 bridgehead atoms. The van der Waals surface area contributed by atoms with E-state index >= 15 is 0 Å². The van der Waals surface area contributed by atoms with Gasteiger partial charge in [-0.3, -0.25) is 0 Å². The first kappa shape index (κ1) is 42.6. The van der Waals surface area contributed by atoms with E-state index in [0.717, 1.165) is 74.2 Å². The number of fused-ring (bicyclic) bond motifs is 4. The van der Waals surface area contributed by atoms with Gasteiger partial charge in [0.25, 0.3) is 0 Å². The summed E-state index contributed by atoms with van der Waals surface area (Å²) in [5.41, 5.74) is 13.1. The van der Waals surface area contributed by atoms with Crippen LogP contribution < -0.4 is 14.5 Å². The van der Waals surface area contributed by atoms with Gasteiger partial charge >= 0.3 is 0 Å². The normalized spacial score (nSPS) is 14.4. The van der Waals surface area contributed by atoms with Crippen molar-refractivity contribution in [3.8, 4) is 28.4 Å². The van der Waals surface area contributed by atoms with E-state index in [1.54, 1.807) is 12.1 Å². The molecule has 0 atom stereocenters. The van der Waals surface area contributed by atoms with Gasteiger partial charge in [0.1, 0.15) is 11.6 Å². The van der Waals surface area contributed by atoms with Crippen molar-refractivity contribution in [3.05, 3.63) is 174 Å². The minimum Gasteiger partial charge on any atom is -0.509 e. The van der Waals surface area contributed by atoms with Crippen molar-refractivity contribution in [2.75, 3.05) is 9.80 Å². The average Bonchev–Trinajstić information content (AvgIpc) is 3.68. The molecule has 8 aromatic rings. The SMILES string of the molecule is Cc1ccnc(-n2c3[c-]c(Oc4[c-]c(N5[CH-]N(c6c(C(C)C)cc(-c7cccc(F)c7)cc6C(C)C)c6ccccc65)cc(C5CCCCCC5)c4)ccc3c3ccccc32)c1.[Pt]. The second-order valence-corrected chi connectivity index (χ2v) is 17.7. The summed E-state index contributed by atoms with van der Waals surface area (Å²) < 4.78 is 23.6. The summed E-state index contributed by atoms with van der Waals surface area (Å²) in [7, 11) is 0. The zero-order valence-corrected chi connectivity index (χ0v) is 38.8. The molecule has 0 spiro atoms. The minimum atomic E-state index is -0.229. The number of hydrogen-bond donors (Lipinski definition) is 0. The third kappa shape index (κ3) is 8.19. The molecule has 1 fully saturated rings. The zero-order chi connectivity index (χ0) is 42.5. The first-order chi connectivity index (χ1) is 30.2. The molecule has 0 radical (unpaired) electrons. The summed E-state index contributed by atoms with van der Waals surface area (Å²) in [6.07, 6.45) is 9.19. The van der Waals surface area contributed by atoms with E-state index in [0.29, 0.717) is 17.4 Å². The van der Waals surface area contributed by atoms with Crippen molar-refractivity contribution in [1.29, 1.82) is 0 Å². The summed E-state index contributed by atoms with van der Waals surface area (Å²) in [5.74, 6) is 2.78. The van der Waals surface area contributed by atoms with Gasteiger partial charge in [-0.1, -0.05) is 101 Å². The maximum absolute atomic E-state index is 14.5. The number of para-hydroxylation sites is 3. The van der Waals surface area contributed by atoms with Crippen LogP contribution in [0.4, 0.5) is 27.1 Å². The molecule has 0 unspecified atom stereocenters. The van der Waals surface area contributed by atoms with Crippen molar-refractivity contribution in [2.45, 2.75) is 90.9 Å². The van der Waals surface area contributed by atoms with Gasteiger partial charge in [-0.25, -0.2) is 9.37 Å². The third-order valence-electron chi connectivity index (χ3n) is 12.8. The fourth-order valence-corrected chi connectivity index (χ4v) is 9.67. The largest absolute Gasteiger partial charge is 0.509 e. The first-order valence-corrected chi connectivity index (χ1v) is 22.3. The van der Waals surface area contributed by atoms with Crippen molar-refractivity contribution in [2.24, 2.45) is 0 Å². The predicted molar refractivity (Wildman–Crippen MR) is 253 cm³/mol. The van der Waals surface area contributed by atoms with Crippen LogP contribution >= 0.6 is 0 Å². The fourth-order valence-electron chi connectivity index (χ4n) is 9.67. The number of halogens is 1. The van der Waals surface area contributed by atoms with Gasteiger partial charge in [0, 0.05) is 61.3 Å². The molecule has 2 aromatic heterocycles. The van der Waals surface area contributed by atoms with Crippen molar-refractivity contribution in [1.82, 2.24) is 9.55 Å². The predicted octanol–water partition coefficient (Wildman–Crippen LogP) is 15.8. The Morgan fingerprint density at radius 1 is 0.683 bits per heavy atom. The van der Waals surface area contributed by atoms with E-state index < -0.39 is 0 Å². The standard InChI is InChI=1S/C56H52FN4O.Pt/c1-36(2)49-31-42(40-17-14-18-43(57)28-40)32-50(37(3)4)56(49)60-35-59(52-21-12-13-22-53(52)60)44-29-41(39-15-8-6-7-9-16-39)30-46(33-44)62-45-23-24-48-47-19-10-11-20-51(47)61(54(48)34-45)55-27-38(5)25-26-58-55;/h10-14,17-32,35-37,39H,6-9,15-16H2,1-5H3;/q-3;. The van der Waals surface area contributed by atoms with Crippen LogP contribution in [0.1, 0.15) is 106 Å². The van der Waals surface area contributed by atoms with E-state index in [-0.39, 0.29) is 38.7 Å². The summed E-state index contributed by atoms with van der Waals surface area (Å²) in [6, 6.07) is 48.8. The van der Waals surface area contributed by atoms with E-state index in [9.17, 15) is 4.39 Å². The van der Waals surface area contributed by atoms with Gasteiger partial charge in [0.05, 0.1) is 0 Å². The molecule has 63 heavy (non-hydrogen) atoms. The molecule has 1 aliphatic heterocycles. The molecule has 0 amide bonds. The van der Waals surface area contributed by atoms with Crippen LogP contribution in [-0.4, -0.2) is 9.55 Å². The number of aryl methyl sites for hydroxylation is 1. The fraction of sp³-hybridized carbons (Fsp3) is 0.250.